The second-order valence-electron chi connectivity index (χ2n) is 7.30. The summed E-state index contributed by atoms with van der Waals surface area (Å²) in [7, 11) is 0. The normalized spacial score (nSPS) is 12.4. The lowest BCUT2D eigenvalue weighted by Crippen LogP contribution is -2.48. The van der Waals surface area contributed by atoms with Crippen LogP contribution in [0.2, 0.25) is 0 Å². The van der Waals surface area contributed by atoms with Crippen LogP contribution in [0.1, 0.15) is 39.7 Å². The van der Waals surface area contributed by atoms with Crippen LogP contribution in [0.4, 0.5) is 24.8 Å². The number of nitrogens with one attached hydrogen (secondary N) is 2. The fourth-order valence-corrected chi connectivity index (χ4v) is 3.09. The predicted octanol–water partition coefficient (Wildman–Crippen LogP) is 2.66. The molecule has 0 saturated heterocycles. The van der Waals surface area contributed by atoms with Gasteiger partial charge in [-0.2, -0.15) is 4.98 Å². The summed E-state index contributed by atoms with van der Waals surface area (Å²) in [6.07, 6.45) is 3.75. The van der Waals surface area contributed by atoms with Gasteiger partial charge >= 0.3 is 6.33 Å². The third-order valence-electron chi connectivity index (χ3n) is 4.39. The molecule has 0 aliphatic rings. The molecule has 0 bridgehead atoms. The Morgan fingerprint density at radius 2 is 1.90 bits per heavy atom. The Balaban J connectivity index is 2.10. The van der Waals surface area contributed by atoms with Gasteiger partial charge in [-0.3, -0.25) is 10.2 Å². The molecule has 2 aromatic heterocycles. The van der Waals surface area contributed by atoms with Gasteiger partial charge in [-0.05, 0) is 32.2 Å². The molecule has 0 aliphatic carbocycles. The van der Waals surface area contributed by atoms with Gasteiger partial charge in [0.1, 0.15) is 17.7 Å². The summed E-state index contributed by atoms with van der Waals surface area (Å²) >= 11 is 0. The van der Waals surface area contributed by atoms with Crippen molar-refractivity contribution in [2.24, 2.45) is 5.73 Å². The first-order chi connectivity index (χ1) is 14.2. The monoisotopic (exact) mass is 422 g/mol. The average molecular weight is 422 g/mol. The van der Waals surface area contributed by atoms with E-state index in [1.54, 1.807) is 15.4 Å². The second kappa shape index (κ2) is 8.56. The van der Waals surface area contributed by atoms with E-state index in [1.165, 1.54) is 6.33 Å². The smallest absolute Gasteiger partial charge is 0.311 e. The van der Waals surface area contributed by atoms with Crippen molar-refractivity contribution < 1.29 is 22.6 Å². The summed E-state index contributed by atoms with van der Waals surface area (Å²) < 4.78 is 44.9. The van der Waals surface area contributed by atoms with E-state index in [0.717, 1.165) is 0 Å². The van der Waals surface area contributed by atoms with E-state index < -0.39 is 29.0 Å². The van der Waals surface area contributed by atoms with E-state index >= 15 is 0 Å². The molecule has 0 fully saturated rings. The van der Waals surface area contributed by atoms with Crippen LogP contribution >= 0.6 is 0 Å². The van der Waals surface area contributed by atoms with Crippen LogP contribution in [-0.2, 0) is 4.79 Å². The van der Waals surface area contributed by atoms with Crippen LogP contribution in [-0.4, -0.2) is 26.5 Å². The van der Waals surface area contributed by atoms with Crippen molar-refractivity contribution in [1.29, 1.82) is 0 Å². The first-order valence-corrected chi connectivity index (χ1v) is 9.41. The fraction of sp³-hybridized carbons (Fsp3) is 0.368. The van der Waals surface area contributed by atoms with E-state index in [1.807, 2.05) is 20.8 Å². The molecular formula is C19H23F3N7O+. The number of fused-ring (bicyclic) bond motifs is 1. The Morgan fingerprint density at radius 3 is 2.50 bits per heavy atom. The Morgan fingerprint density at radius 1 is 1.23 bits per heavy atom. The minimum atomic E-state index is -1.10. The zero-order valence-corrected chi connectivity index (χ0v) is 16.8. The number of anilines is 2. The molecule has 11 heteroatoms. The summed E-state index contributed by atoms with van der Waals surface area (Å²) in [6.45, 7) is 5.73. The van der Waals surface area contributed by atoms with Crippen LogP contribution < -0.4 is 21.2 Å². The van der Waals surface area contributed by atoms with Gasteiger partial charge in [0.25, 0.3) is 5.65 Å². The fourth-order valence-electron chi connectivity index (χ4n) is 3.09. The molecule has 1 aromatic carbocycles. The number of hydrogen-bond donors (Lipinski definition) is 3. The lowest BCUT2D eigenvalue weighted by Gasteiger charge is -2.17. The van der Waals surface area contributed by atoms with E-state index in [2.05, 4.69) is 20.7 Å². The molecule has 3 aromatic rings. The highest BCUT2D eigenvalue weighted by Crippen LogP contribution is 2.29. The minimum absolute atomic E-state index is 0.0983. The zero-order chi connectivity index (χ0) is 22.0. The summed E-state index contributed by atoms with van der Waals surface area (Å²) in [5.74, 6) is -3.59. The molecule has 0 aliphatic heterocycles. The van der Waals surface area contributed by atoms with Crippen molar-refractivity contribution in [2.45, 2.75) is 45.7 Å². The van der Waals surface area contributed by atoms with Crippen molar-refractivity contribution in [3.05, 3.63) is 42.1 Å². The number of primary amides is 1. The summed E-state index contributed by atoms with van der Waals surface area (Å²) in [6, 6.07) is 0.965. The van der Waals surface area contributed by atoms with Gasteiger partial charge in [0, 0.05) is 24.6 Å². The third kappa shape index (κ3) is 4.61. The molecule has 3 rings (SSSR count). The highest BCUT2D eigenvalue weighted by molar-refractivity contribution is 5.75. The number of aromatic nitrogens is 4. The van der Waals surface area contributed by atoms with E-state index in [4.69, 9.17) is 5.73 Å². The van der Waals surface area contributed by atoms with Gasteiger partial charge in [-0.15, -0.1) is 4.68 Å². The van der Waals surface area contributed by atoms with Gasteiger partial charge < -0.3 is 15.6 Å². The number of nitrogens with two attached hydrogens (primary N) is 1. The van der Waals surface area contributed by atoms with Crippen LogP contribution in [0, 0.1) is 17.5 Å². The van der Waals surface area contributed by atoms with Crippen LogP contribution in [0.15, 0.2) is 24.7 Å². The van der Waals surface area contributed by atoms with Crippen LogP contribution in [0.25, 0.3) is 11.2 Å². The molecule has 0 radical (unpaired) electrons. The highest BCUT2D eigenvalue weighted by Gasteiger charge is 2.23. The van der Waals surface area contributed by atoms with Gasteiger partial charge in [0.15, 0.2) is 17.2 Å². The lowest BCUT2D eigenvalue weighted by molar-refractivity contribution is -0.654. The number of carbonyl (C=O) groups excluding carboxylic acids is 1. The first kappa shape index (κ1) is 21.3. The SMILES string of the molecule is CC(C)N[n+]1cnc2nc(Nc3c(F)cc(F)cc3F)n([C@@H](C)CCC(N)=O)c2c1. The van der Waals surface area contributed by atoms with Crippen molar-refractivity contribution in [3.8, 4) is 0 Å². The molecule has 0 spiro atoms. The second-order valence-corrected chi connectivity index (χ2v) is 7.30. The maximum absolute atomic E-state index is 14.2. The van der Waals surface area contributed by atoms with Crippen molar-refractivity contribution in [3.63, 3.8) is 0 Å². The minimum Gasteiger partial charge on any atom is -0.370 e. The Kier molecular flexibility index (Phi) is 6.09. The Bertz CT molecular complexity index is 1060. The number of benzene rings is 1. The standard InChI is InChI=1S/C19H22F3N7O/c1-10(2)27-28-8-15-18(24-9-28)26-19(29(15)11(3)4-5-16(23)30)25-17-13(21)6-12(20)7-14(17)22/h6-11,27H,4-5H2,1-3H3,(H2,23,30)/p+1/t11-/m0/s1. The van der Waals surface area contributed by atoms with Gasteiger partial charge in [0.2, 0.25) is 11.9 Å². The lowest BCUT2D eigenvalue weighted by atomic mass is 10.1. The number of amides is 1. The molecule has 160 valence electrons. The van der Waals surface area contributed by atoms with Crippen molar-refractivity contribution >= 4 is 28.7 Å². The molecule has 4 N–H and O–H groups in total. The average Bonchev–Trinajstić information content (AvgIpc) is 2.99. The number of nitrogens with zero attached hydrogens (tertiary/aromatic N) is 4. The van der Waals surface area contributed by atoms with E-state index in [0.29, 0.717) is 29.7 Å². The summed E-state index contributed by atoms with van der Waals surface area (Å²) in [4.78, 5) is 19.9. The summed E-state index contributed by atoms with van der Waals surface area (Å²) in [5.41, 5.74) is 8.77. The number of rotatable bonds is 8. The molecule has 0 saturated carbocycles. The number of imidazole rings is 1. The Labute approximate surface area is 170 Å². The molecule has 2 heterocycles. The van der Waals surface area contributed by atoms with Crippen molar-refractivity contribution in [2.75, 3.05) is 10.7 Å². The molecular weight excluding hydrogens is 399 g/mol. The number of hydrogen-bond acceptors (Lipinski definition) is 5. The largest absolute Gasteiger partial charge is 0.370 e. The maximum atomic E-state index is 14.2. The van der Waals surface area contributed by atoms with Gasteiger partial charge in [-0.1, -0.05) is 0 Å². The van der Waals surface area contributed by atoms with Gasteiger partial charge in [0.05, 0.1) is 6.04 Å². The Hall–Kier alpha value is -3.37. The summed E-state index contributed by atoms with van der Waals surface area (Å²) in [5, 5.41) is 2.60. The first-order valence-electron chi connectivity index (χ1n) is 9.41. The quantitative estimate of drug-likeness (QED) is 0.485. The molecule has 30 heavy (non-hydrogen) atoms. The predicted molar refractivity (Wildman–Crippen MR) is 105 cm³/mol. The van der Waals surface area contributed by atoms with Gasteiger partial charge in [-0.25, -0.2) is 13.2 Å². The number of carbonyl (C=O) groups is 1. The zero-order valence-electron chi connectivity index (χ0n) is 16.8. The topological polar surface area (TPSA) is 102 Å². The maximum Gasteiger partial charge on any atom is 0.311 e. The van der Waals surface area contributed by atoms with Crippen LogP contribution in [0.5, 0.6) is 0 Å². The van der Waals surface area contributed by atoms with E-state index in [-0.39, 0.29) is 24.5 Å². The molecule has 1 amide bonds. The highest BCUT2D eigenvalue weighted by atomic mass is 19.1. The van der Waals surface area contributed by atoms with E-state index in [9.17, 15) is 18.0 Å². The van der Waals surface area contributed by atoms with Crippen molar-refractivity contribution in [1.82, 2.24) is 14.5 Å². The molecule has 0 unspecified atom stereocenters. The third-order valence-corrected chi connectivity index (χ3v) is 4.39. The molecule has 1 atom stereocenters. The molecule has 8 nitrogen and oxygen atoms in total. The van der Waals surface area contributed by atoms with Crippen LogP contribution in [0.3, 0.4) is 0 Å². The number of halogens is 3.